The van der Waals surface area contributed by atoms with Crippen LogP contribution < -0.4 is 15.4 Å². The van der Waals surface area contributed by atoms with Crippen molar-refractivity contribution in [2.45, 2.75) is 26.5 Å². The number of hydrogen-bond donors (Lipinski definition) is 1. The molecule has 0 spiro atoms. The first-order valence-corrected chi connectivity index (χ1v) is 6.76. The predicted octanol–water partition coefficient (Wildman–Crippen LogP) is 3.10. The summed E-state index contributed by atoms with van der Waals surface area (Å²) in [5.41, 5.74) is 7.83. The lowest BCUT2D eigenvalue weighted by Gasteiger charge is -2.22. The largest absolute Gasteiger partial charge is 0.487 e. The Morgan fingerprint density at radius 1 is 1.25 bits per heavy atom. The maximum absolute atomic E-state index is 5.82. The van der Waals surface area contributed by atoms with Crippen LogP contribution in [-0.2, 0) is 6.54 Å². The highest BCUT2D eigenvalue weighted by atomic mass is 16.5. The van der Waals surface area contributed by atoms with E-state index < -0.39 is 0 Å². The van der Waals surface area contributed by atoms with Crippen LogP contribution in [-0.4, -0.2) is 18.1 Å². The lowest BCUT2D eigenvalue weighted by Crippen LogP contribution is -2.15. The number of aromatic nitrogens is 1. The lowest BCUT2D eigenvalue weighted by molar-refractivity contribution is 0.242. The average Bonchev–Trinajstić information content (AvgIpc) is 2.46. The number of anilines is 2. The van der Waals surface area contributed by atoms with Crippen LogP contribution in [0.15, 0.2) is 42.6 Å². The highest BCUT2D eigenvalue weighted by Gasteiger charge is 2.12. The molecule has 0 atom stereocenters. The van der Waals surface area contributed by atoms with Crippen LogP contribution >= 0.6 is 0 Å². The van der Waals surface area contributed by atoms with Gasteiger partial charge < -0.3 is 15.4 Å². The second kappa shape index (κ2) is 6.39. The minimum absolute atomic E-state index is 0.113. The highest BCUT2D eigenvalue weighted by molar-refractivity contribution is 5.65. The van der Waals surface area contributed by atoms with Gasteiger partial charge in [-0.15, -0.1) is 0 Å². The molecule has 106 valence electrons. The summed E-state index contributed by atoms with van der Waals surface area (Å²) in [7, 11) is 1.98. The summed E-state index contributed by atoms with van der Waals surface area (Å²) in [5, 5.41) is 0. The monoisotopic (exact) mass is 271 g/mol. The van der Waals surface area contributed by atoms with Gasteiger partial charge in [0.05, 0.1) is 6.10 Å². The minimum Gasteiger partial charge on any atom is -0.487 e. The third kappa shape index (κ3) is 3.27. The Kier molecular flexibility index (Phi) is 4.58. The molecule has 0 aliphatic carbocycles. The maximum Gasteiger partial charge on any atom is 0.175 e. The summed E-state index contributed by atoms with van der Waals surface area (Å²) in [6.45, 7) is 4.54. The Balaban J connectivity index is 2.34. The van der Waals surface area contributed by atoms with Crippen LogP contribution in [0.5, 0.6) is 5.75 Å². The standard InChI is InChI=1S/C16H21N3O/c1-12(2)20-15-8-5-9-18-16(15)19(3)14-7-4-6-13(10-14)11-17/h4-10,12H,11,17H2,1-3H3. The second-order valence-corrected chi connectivity index (χ2v) is 4.92. The normalized spacial score (nSPS) is 10.7. The first-order valence-electron chi connectivity index (χ1n) is 6.76. The molecule has 2 rings (SSSR count). The van der Waals surface area contributed by atoms with Crippen molar-refractivity contribution in [3.63, 3.8) is 0 Å². The molecule has 0 fully saturated rings. The Hall–Kier alpha value is -2.07. The number of benzene rings is 1. The van der Waals surface area contributed by atoms with Gasteiger partial charge in [0, 0.05) is 25.5 Å². The van der Waals surface area contributed by atoms with Gasteiger partial charge in [-0.2, -0.15) is 0 Å². The summed E-state index contributed by atoms with van der Waals surface area (Å²) in [5.74, 6) is 1.58. The van der Waals surface area contributed by atoms with E-state index in [2.05, 4.69) is 11.1 Å². The molecule has 0 unspecified atom stereocenters. The zero-order valence-electron chi connectivity index (χ0n) is 12.2. The van der Waals surface area contributed by atoms with E-state index >= 15 is 0 Å². The first-order chi connectivity index (χ1) is 9.61. The molecule has 1 heterocycles. The van der Waals surface area contributed by atoms with Gasteiger partial charge in [0.1, 0.15) is 0 Å². The van der Waals surface area contributed by atoms with Crippen LogP contribution in [0.3, 0.4) is 0 Å². The SMILES string of the molecule is CC(C)Oc1cccnc1N(C)c1cccc(CN)c1. The smallest absolute Gasteiger partial charge is 0.175 e. The summed E-state index contributed by atoms with van der Waals surface area (Å²) in [6, 6.07) is 11.9. The van der Waals surface area contributed by atoms with Gasteiger partial charge in [-0.05, 0) is 43.7 Å². The molecule has 0 aliphatic rings. The quantitative estimate of drug-likeness (QED) is 0.908. The zero-order chi connectivity index (χ0) is 14.5. The Morgan fingerprint density at radius 2 is 2.05 bits per heavy atom. The van der Waals surface area contributed by atoms with Crippen molar-refractivity contribution >= 4 is 11.5 Å². The molecule has 0 amide bonds. The summed E-state index contributed by atoms with van der Waals surface area (Å²) < 4.78 is 5.82. The van der Waals surface area contributed by atoms with Crippen molar-refractivity contribution in [2.24, 2.45) is 5.73 Å². The van der Waals surface area contributed by atoms with E-state index in [0.29, 0.717) is 6.54 Å². The van der Waals surface area contributed by atoms with Crippen LogP contribution in [0.2, 0.25) is 0 Å². The molecule has 2 N–H and O–H groups in total. The highest BCUT2D eigenvalue weighted by Crippen LogP contribution is 2.31. The summed E-state index contributed by atoms with van der Waals surface area (Å²) in [6.07, 6.45) is 1.88. The maximum atomic E-state index is 5.82. The van der Waals surface area contributed by atoms with Gasteiger partial charge in [-0.1, -0.05) is 12.1 Å². The van der Waals surface area contributed by atoms with E-state index in [0.717, 1.165) is 22.8 Å². The average molecular weight is 271 g/mol. The predicted molar refractivity (Wildman–Crippen MR) is 82.4 cm³/mol. The molecular weight excluding hydrogens is 250 g/mol. The lowest BCUT2D eigenvalue weighted by atomic mass is 10.2. The number of pyridine rings is 1. The molecule has 20 heavy (non-hydrogen) atoms. The molecule has 0 aliphatic heterocycles. The second-order valence-electron chi connectivity index (χ2n) is 4.92. The third-order valence-corrected chi connectivity index (χ3v) is 2.96. The van der Waals surface area contributed by atoms with Gasteiger partial charge in [-0.25, -0.2) is 4.98 Å². The van der Waals surface area contributed by atoms with Gasteiger partial charge in [0.25, 0.3) is 0 Å². The van der Waals surface area contributed by atoms with Crippen LogP contribution in [0.25, 0.3) is 0 Å². The molecule has 4 nitrogen and oxygen atoms in total. The molecule has 1 aromatic heterocycles. The van der Waals surface area contributed by atoms with Crippen molar-refractivity contribution in [3.8, 4) is 5.75 Å². The molecule has 4 heteroatoms. The van der Waals surface area contributed by atoms with Crippen molar-refractivity contribution < 1.29 is 4.74 Å². The first kappa shape index (κ1) is 14.3. The van der Waals surface area contributed by atoms with Crippen molar-refractivity contribution in [3.05, 3.63) is 48.2 Å². The van der Waals surface area contributed by atoms with E-state index in [1.165, 1.54) is 0 Å². The van der Waals surface area contributed by atoms with E-state index in [-0.39, 0.29) is 6.10 Å². The van der Waals surface area contributed by atoms with Crippen molar-refractivity contribution in [1.29, 1.82) is 0 Å². The fraction of sp³-hybridized carbons (Fsp3) is 0.312. The minimum atomic E-state index is 0.113. The number of ether oxygens (including phenoxy) is 1. The zero-order valence-corrected chi connectivity index (χ0v) is 12.2. The summed E-state index contributed by atoms with van der Waals surface area (Å²) >= 11 is 0. The van der Waals surface area contributed by atoms with Gasteiger partial charge in [0.2, 0.25) is 0 Å². The fourth-order valence-electron chi connectivity index (χ4n) is 1.99. The molecular formula is C16H21N3O. The van der Waals surface area contributed by atoms with Gasteiger partial charge in [0.15, 0.2) is 11.6 Å². The topological polar surface area (TPSA) is 51.4 Å². The van der Waals surface area contributed by atoms with E-state index in [4.69, 9.17) is 10.5 Å². The van der Waals surface area contributed by atoms with Crippen LogP contribution in [0.4, 0.5) is 11.5 Å². The number of nitrogens with zero attached hydrogens (tertiary/aromatic N) is 2. The number of hydrogen-bond acceptors (Lipinski definition) is 4. The molecule has 0 bridgehead atoms. The summed E-state index contributed by atoms with van der Waals surface area (Å²) in [4.78, 5) is 6.44. The molecule has 2 aromatic rings. The molecule has 0 saturated heterocycles. The van der Waals surface area contributed by atoms with Crippen LogP contribution in [0, 0.1) is 0 Å². The Bertz CT molecular complexity index is 569. The third-order valence-electron chi connectivity index (χ3n) is 2.96. The molecule has 0 radical (unpaired) electrons. The Morgan fingerprint density at radius 3 is 2.75 bits per heavy atom. The van der Waals surface area contributed by atoms with E-state index in [9.17, 15) is 0 Å². The molecule has 0 saturated carbocycles. The fourth-order valence-corrected chi connectivity index (χ4v) is 1.99. The van der Waals surface area contributed by atoms with Crippen LogP contribution in [0.1, 0.15) is 19.4 Å². The molecule has 1 aromatic carbocycles. The van der Waals surface area contributed by atoms with Crippen molar-refractivity contribution in [2.75, 3.05) is 11.9 Å². The Labute approximate surface area is 120 Å². The van der Waals surface area contributed by atoms with Gasteiger partial charge >= 0.3 is 0 Å². The van der Waals surface area contributed by atoms with Crippen molar-refractivity contribution in [1.82, 2.24) is 4.98 Å². The number of nitrogens with two attached hydrogens (primary N) is 1. The van der Waals surface area contributed by atoms with E-state index in [1.807, 2.05) is 56.1 Å². The van der Waals surface area contributed by atoms with E-state index in [1.54, 1.807) is 6.20 Å². The van der Waals surface area contributed by atoms with Gasteiger partial charge in [-0.3, -0.25) is 0 Å². The number of rotatable bonds is 5.